The number of benzene rings is 3. The summed E-state index contributed by atoms with van der Waals surface area (Å²) in [5, 5.41) is 2.86. The van der Waals surface area contributed by atoms with E-state index in [4.69, 9.17) is 4.74 Å². The quantitative estimate of drug-likeness (QED) is 0.204. The number of esters is 1. The standard InChI is InChI=1S/C33H42N2O5S2/c1-5-6-22-42(38,39)35(20-18-26-13-8-7-9-14-26)24-27-16-17-29(30(23-27)28-15-11-10-12-25(28)2)32(36)34-31(19-21-41-4)33(37)40-3/h7-17,23,31H,5-6,18-22,24H2,1-4H3,(H,34,36). The third kappa shape index (κ3) is 9.44. The summed E-state index contributed by atoms with van der Waals surface area (Å²) in [6.07, 6.45) is 4.37. The zero-order valence-corrected chi connectivity index (χ0v) is 26.6. The maximum Gasteiger partial charge on any atom is 0.328 e. The van der Waals surface area contributed by atoms with Gasteiger partial charge in [0, 0.05) is 18.7 Å². The van der Waals surface area contributed by atoms with E-state index in [1.165, 1.54) is 7.11 Å². The van der Waals surface area contributed by atoms with Crippen LogP contribution >= 0.6 is 11.8 Å². The highest BCUT2D eigenvalue weighted by Crippen LogP contribution is 2.29. The molecule has 0 fully saturated rings. The fourth-order valence-corrected chi connectivity index (χ4v) is 6.82. The molecule has 0 bridgehead atoms. The van der Waals surface area contributed by atoms with Crippen LogP contribution in [0.15, 0.2) is 72.8 Å². The van der Waals surface area contributed by atoms with E-state index in [-0.39, 0.29) is 18.2 Å². The molecule has 3 rings (SSSR count). The molecule has 0 heterocycles. The molecule has 42 heavy (non-hydrogen) atoms. The van der Waals surface area contributed by atoms with Crippen LogP contribution in [0.1, 0.15) is 53.2 Å². The second-order valence-corrected chi connectivity index (χ2v) is 13.3. The van der Waals surface area contributed by atoms with Crippen LogP contribution in [0, 0.1) is 6.92 Å². The predicted molar refractivity (Wildman–Crippen MR) is 172 cm³/mol. The minimum Gasteiger partial charge on any atom is -0.467 e. The summed E-state index contributed by atoms with van der Waals surface area (Å²) >= 11 is 1.59. The van der Waals surface area contributed by atoms with Crippen LogP contribution in [-0.2, 0) is 32.5 Å². The molecule has 9 heteroatoms. The van der Waals surface area contributed by atoms with E-state index in [1.54, 1.807) is 28.2 Å². The maximum absolute atomic E-state index is 13.6. The number of sulfonamides is 1. The number of aryl methyl sites for hydroxylation is 1. The van der Waals surface area contributed by atoms with Gasteiger partial charge in [-0.1, -0.05) is 74.0 Å². The molecule has 0 spiro atoms. The summed E-state index contributed by atoms with van der Waals surface area (Å²) in [5.41, 5.74) is 4.80. The Hall–Kier alpha value is -3.14. The van der Waals surface area contributed by atoms with Crippen molar-refractivity contribution in [2.45, 2.75) is 52.1 Å². The minimum absolute atomic E-state index is 0.0917. The van der Waals surface area contributed by atoms with Crippen LogP contribution in [-0.4, -0.2) is 62.1 Å². The molecule has 0 aliphatic heterocycles. The van der Waals surface area contributed by atoms with Crippen molar-refractivity contribution in [3.8, 4) is 11.1 Å². The zero-order valence-electron chi connectivity index (χ0n) is 25.0. The number of hydrogen-bond donors (Lipinski definition) is 1. The van der Waals surface area contributed by atoms with Crippen molar-refractivity contribution in [3.63, 3.8) is 0 Å². The van der Waals surface area contributed by atoms with E-state index in [0.717, 1.165) is 28.7 Å². The van der Waals surface area contributed by atoms with Gasteiger partial charge in [0.2, 0.25) is 10.0 Å². The van der Waals surface area contributed by atoms with Crippen LogP contribution < -0.4 is 5.32 Å². The number of amides is 1. The molecule has 1 atom stereocenters. The molecule has 1 unspecified atom stereocenters. The van der Waals surface area contributed by atoms with Crippen molar-refractivity contribution in [2.24, 2.45) is 0 Å². The molecule has 1 amide bonds. The molecule has 7 nitrogen and oxygen atoms in total. The van der Waals surface area contributed by atoms with E-state index in [2.05, 4.69) is 5.32 Å². The van der Waals surface area contributed by atoms with Crippen LogP contribution in [0.25, 0.3) is 11.1 Å². The number of carbonyl (C=O) groups is 2. The van der Waals surface area contributed by atoms with Crippen LogP contribution in [0.2, 0.25) is 0 Å². The summed E-state index contributed by atoms with van der Waals surface area (Å²) in [6.45, 7) is 4.50. The summed E-state index contributed by atoms with van der Waals surface area (Å²) in [7, 11) is -2.19. The maximum atomic E-state index is 13.6. The van der Waals surface area contributed by atoms with Crippen molar-refractivity contribution in [3.05, 3.63) is 95.1 Å². The topological polar surface area (TPSA) is 92.8 Å². The first-order chi connectivity index (χ1) is 20.2. The van der Waals surface area contributed by atoms with Gasteiger partial charge in [-0.2, -0.15) is 16.1 Å². The van der Waals surface area contributed by atoms with Gasteiger partial charge in [-0.3, -0.25) is 4.79 Å². The van der Waals surface area contributed by atoms with Gasteiger partial charge < -0.3 is 10.1 Å². The van der Waals surface area contributed by atoms with Crippen LogP contribution in [0.3, 0.4) is 0 Å². The summed E-state index contributed by atoms with van der Waals surface area (Å²) < 4.78 is 33.3. The van der Waals surface area contributed by atoms with Gasteiger partial charge in [-0.25, -0.2) is 13.2 Å². The van der Waals surface area contributed by atoms with Crippen molar-refractivity contribution in [1.29, 1.82) is 0 Å². The second kappa shape index (κ2) is 16.5. The Balaban J connectivity index is 1.99. The Bertz CT molecular complexity index is 1430. The van der Waals surface area contributed by atoms with Gasteiger partial charge in [0.1, 0.15) is 6.04 Å². The smallest absolute Gasteiger partial charge is 0.328 e. The Morgan fingerprint density at radius 1 is 0.976 bits per heavy atom. The number of unbranched alkanes of at least 4 members (excludes halogenated alkanes) is 1. The fraction of sp³-hybridized carbons (Fsp3) is 0.394. The van der Waals surface area contributed by atoms with Gasteiger partial charge in [-0.15, -0.1) is 0 Å². The molecular formula is C33H42N2O5S2. The highest BCUT2D eigenvalue weighted by atomic mass is 32.2. The van der Waals surface area contributed by atoms with E-state index in [1.807, 2.05) is 80.8 Å². The third-order valence-corrected chi connectivity index (χ3v) is 9.71. The summed E-state index contributed by atoms with van der Waals surface area (Å²) in [6, 6.07) is 22.3. The Morgan fingerprint density at radius 3 is 2.36 bits per heavy atom. The fourth-order valence-electron chi connectivity index (χ4n) is 4.72. The first-order valence-electron chi connectivity index (χ1n) is 14.3. The molecule has 0 aromatic heterocycles. The van der Waals surface area contributed by atoms with E-state index >= 15 is 0 Å². The van der Waals surface area contributed by atoms with Crippen molar-refractivity contribution < 1.29 is 22.7 Å². The average molecular weight is 611 g/mol. The van der Waals surface area contributed by atoms with Crippen molar-refractivity contribution >= 4 is 33.7 Å². The molecule has 3 aromatic carbocycles. The van der Waals surface area contributed by atoms with E-state index < -0.39 is 22.0 Å². The Labute approximate surface area is 255 Å². The van der Waals surface area contributed by atoms with Gasteiger partial charge in [0.15, 0.2) is 0 Å². The lowest BCUT2D eigenvalue weighted by Gasteiger charge is -2.23. The number of methoxy groups -OCH3 is 1. The minimum atomic E-state index is -3.50. The predicted octanol–water partition coefficient (Wildman–Crippen LogP) is 5.86. The second-order valence-electron chi connectivity index (χ2n) is 10.3. The Kier molecular flexibility index (Phi) is 13.1. The van der Waals surface area contributed by atoms with Crippen molar-refractivity contribution in [2.75, 3.05) is 31.4 Å². The lowest BCUT2D eigenvalue weighted by atomic mass is 9.93. The zero-order chi connectivity index (χ0) is 30.5. The number of ether oxygens (including phenoxy) is 1. The lowest BCUT2D eigenvalue weighted by Crippen LogP contribution is -2.42. The van der Waals surface area contributed by atoms with Gasteiger partial charge in [0.25, 0.3) is 5.91 Å². The molecule has 0 saturated heterocycles. The largest absolute Gasteiger partial charge is 0.467 e. The number of nitrogens with one attached hydrogen (secondary N) is 1. The molecule has 0 aliphatic rings. The SMILES string of the molecule is CCCCS(=O)(=O)N(CCc1ccccc1)Cc1ccc(C(=O)NC(CCSC)C(=O)OC)c(-c2ccccc2C)c1. The molecule has 0 saturated carbocycles. The molecule has 0 aliphatic carbocycles. The molecule has 226 valence electrons. The molecule has 3 aromatic rings. The lowest BCUT2D eigenvalue weighted by molar-refractivity contribution is -0.142. The number of thioether (sulfide) groups is 1. The van der Waals surface area contributed by atoms with E-state index in [9.17, 15) is 18.0 Å². The van der Waals surface area contributed by atoms with Crippen molar-refractivity contribution in [1.82, 2.24) is 9.62 Å². The van der Waals surface area contributed by atoms with Crippen LogP contribution in [0.4, 0.5) is 0 Å². The number of rotatable bonds is 16. The highest BCUT2D eigenvalue weighted by Gasteiger charge is 2.25. The first kappa shape index (κ1) is 33.4. The first-order valence-corrected chi connectivity index (χ1v) is 17.3. The van der Waals surface area contributed by atoms with Crippen LogP contribution in [0.5, 0.6) is 0 Å². The molecule has 1 N–H and O–H groups in total. The van der Waals surface area contributed by atoms with Gasteiger partial charge >= 0.3 is 5.97 Å². The summed E-state index contributed by atoms with van der Waals surface area (Å²) in [4.78, 5) is 26.0. The number of carbonyl (C=O) groups excluding carboxylic acids is 2. The average Bonchev–Trinajstić information content (AvgIpc) is 3.00. The van der Waals surface area contributed by atoms with E-state index in [0.29, 0.717) is 42.7 Å². The number of hydrogen-bond acceptors (Lipinski definition) is 6. The Morgan fingerprint density at radius 2 is 1.69 bits per heavy atom. The third-order valence-electron chi connectivity index (χ3n) is 7.17. The number of nitrogens with zero attached hydrogens (tertiary/aromatic N) is 1. The molecular weight excluding hydrogens is 569 g/mol. The molecule has 0 radical (unpaired) electrons. The van der Waals surface area contributed by atoms with Gasteiger partial charge in [0.05, 0.1) is 12.9 Å². The monoisotopic (exact) mass is 610 g/mol. The normalized spacial score (nSPS) is 12.2. The summed E-state index contributed by atoms with van der Waals surface area (Å²) in [5.74, 6) is -0.0887. The van der Waals surface area contributed by atoms with Gasteiger partial charge in [-0.05, 0) is 78.1 Å². The highest BCUT2D eigenvalue weighted by molar-refractivity contribution is 7.98.